The van der Waals surface area contributed by atoms with Gasteiger partial charge in [-0.05, 0) is 56.1 Å². The Bertz CT molecular complexity index is 938. The number of benzene rings is 2. The van der Waals surface area contributed by atoms with Crippen molar-refractivity contribution in [2.75, 3.05) is 26.2 Å². The van der Waals surface area contributed by atoms with Gasteiger partial charge in [0.25, 0.3) is 0 Å². The van der Waals surface area contributed by atoms with Crippen LogP contribution in [0.25, 0.3) is 11.0 Å². The second-order valence-electron chi connectivity index (χ2n) is 6.38. The highest BCUT2D eigenvalue weighted by Gasteiger charge is 2.13. The van der Waals surface area contributed by atoms with Crippen LogP contribution in [0, 0.1) is 11.8 Å². The van der Waals surface area contributed by atoms with Crippen LogP contribution in [-0.2, 0) is 0 Å². The van der Waals surface area contributed by atoms with Gasteiger partial charge in [-0.1, -0.05) is 36.3 Å². The van der Waals surface area contributed by atoms with Gasteiger partial charge < -0.3 is 4.74 Å². The van der Waals surface area contributed by atoms with E-state index in [4.69, 9.17) is 4.74 Å². The average Bonchev–Trinajstić information content (AvgIpc) is 3.20. The number of para-hydroxylation sites is 2. The Morgan fingerprint density at radius 1 is 0.846 bits per heavy atom. The van der Waals surface area contributed by atoms with Crippen LogP contribution in [0.2, 0.25) is 0 Å². The standard InChI is InChI=1S/C22H21N3O/c1-2-8-18(9-3-1)12-13-21-22(26-17-16-25-14-6-7-15-25)24-20-11-5-4-10-19(20)23-21/h1-5,8-11H,6-7,14-17H2. The summed E-state index contributed by atoms with van der Waals surface area (Å²) in [5.41, 5.74) is 3.20. The molecule has 0 N–H and O–H groups in total. The molecule has 0 bridgehead atoms. The molecule has 0 amide bonds. The van der Waals surface area contributed by atoms with E-state index < -0.39 is 0 Å². The minimum atomic E-state index is 0.520. The van der Waals surface area contributed by atoms with Crippen LogP contribution in [0.15, 0.2) is 54.6 Å². The Morgan fingerprint density at radius 3 is 2.31 bits per heavy atom. The maximum atomic E-state index is 5.98. The maximum absolute atomic E-state index is 5.98. The molecule has 2 heterocycles. The molecule has 0 spiro atoms. The van der Waals surface area contributed by atoms with Gasteiger partial charge in [0.2, 0.25) is 5.88 Å². The normalized spacial score (nSPS) is 14.2. The molecule has 0 saturated carbocycles. The summed E-state index contributed by atoms with van der Waals surface area (Å²) in [6, 6.07) is 17.7. The highest BCUT2D eigenvalue weighted by Crippen LogP contribution is 2.18. The van der Waals surface area contributed by atoms with E-state index in [2.05, 4.69) is 26.7 Å². The summed E-state index contributed by atoms with van der Waals surface area (Å²) in [6.45, 7) is 3.84. The molecule has 0 radical (unpaired) electrons. The summed E-state index contributed by atoms with van der Waals surface area (Å²) in [6.07, 6.45) is 2.56. The number of hydrogen-bond acceptors (Lipinski definition) is 4. The maximum Gasteiger partial charge on any atom is 0.249 e. The van der Waals surface area contributed by atoms with Crippen molar-refractivity contribution >= 4 is 11.0 Å². The van der Waals surface area contributed by atoms with Crippen molar-refractivity contribution in [3.8, 4) is 17.7 Å². The molecule has 0 aliphatic carbocycles. The zero-order valence-corrected chi connectivity index (χ0v) is 14.7. The molecule has 0 unspecified atom stereocenters. The van der Waals surface area contributed by atoms with Crippen molar-refractivity contribution < 1.29 is 4.74 Å². The van der Waals surface area contributed by atoms with Gasteiger partial charge in [-0.15, -0.1) is 0 Å². The van der Waals surface area contributed by atoms with E-state index in [0.717, 1.165) is 36.2 Å². The van der Waals surface area contributed by atoms with Gasteiger partial charge >= 0.3 is 0 Å². The molecule has 1 aromatic heterocycles. The molecule has 1 aliphatic rings. The number of hydrogen-bond donors (Lipinski definition) is 0. The molecule has 1 saturated heterocycles. The predicted octanol–water partition coefficient (Wildman–Crippen LogP) is 3.50. The van der Waals surface area contributed by atoms with Crippen molar-refractivity contribution in [3.63, 3.8) is 0 Å². The second-order valence-corrected chi connectivity index (χ2v) is 6.38. The quantitative estimate of drug-likeness (QED) is 0.680. The summed E-state index contributed by atoms with van der Waals surface area (Å²) in [4.78, 5) is 11.7. The molecule has 26 heavy (non-hydrogen) atoms. The van der Waals surface area contributed by atoms with Crippen LogP contribution in [0.4, 0.5) is 0 Å². The second kappa shape index (κ2) is 7.99. The van der Waals surface area contributed by atoms with E-state index in [1.807, 2.05) is 54.6 Å². The fourth-order valence-corrected chi connectivity index (χ4v) is 3.10. The van der Waals surface area contributed by atoms with Gasteiger partial charge in [0, 0.05) is 12.1 Å². The molecule has 1 aliphatic heterocycles. The lowest BCUT2D eigenvalue weighted by molar-refractivity contribution is 0.231. The number of ether oxygens (including phenoxy) is 1. The van der Waals surface area contributed by atoms with Gasteiger partial charge in [-0.3, -0.25) is 4.90 Å². The lowest BCUT2D eigenvalue weighted by Crippen LogP contribution is -2.25. The van der Waals surface area contributed by atoms with E-state index in [1.54, 1.807) is 0 Å². The third-order valence-corrected chi connectivity index (χ3v) is 4.48. The van der Waals surface area contributed by atoms with Crippen LogP contribution in [0.3, 0.4) is 0 Å². The van der Waals surface area contributed by atoms with Crippen LogP contribution >= 0.6 is 0 Å². The third-order valence-electron chi connectivity index (χ3n) is 4.48. The lowest BCUT2D eigenvalue weighted by atomic mass is 10.2. The van der Waals surface area contributed by atoms with Crippen LogP contribution in [0.1, 0.15) is 24.1 Å². The molecule has 4 rings (SSSR count). The fraction of sp³-hybridized carbons (Fsp3) is 0.273. The Balaban J connectivity index is 1.59. The summed E-state index contributed by atoms with van der Waals surface area (Å²) in [5.74, 6) is 6.81. The van der Waals surface area contributed by atoms with Gasteiger partial charge in [-0.2, -0.15) is 0 Å². The zero-order valence-electron chi connectivity index (χ0n) is 14.7. The van der Waals surface area contributed by atoms with Gasteiger partial charge in [0.05, 0.1) is 11.0 Å². The average molecular weight is 343 g/mol. The molecule has 4 heteroatoms. The van der Waals surface area contributed by atoms with Gasteiger partial charge in [-0.25, -0.2) is 9.97 Å². The Morgan fingerprint density at radius 2 is 1.54 bits per heavy atom. The van der Waals surface area contributed by atoms with Crippen LogP contribution in [0.5, 0.6) is 5.88 Å². The topological polar surface area (TPSA) is 38.3 Å². The lowest BCUT2D eigenvalue weighted by Gasteiger charge is -2.15. The number of nitrogens with zero attached hydrogens (tertiary/aromatic N) is 3. The highest BCUT2D eigenvalue weighted by atomic mass is 16.5. The SMILES string of the molecule is C(#Cc1nc2ccccc2nc1OCCN1CCCC1)c1ccccc1. The molecule has 0 atom stereocenters. The summed E-state index contributed by atoms with van der Waals surface area (Å²) in [5, 5.41) is 0. The van der Waals surface area contributed by atoms with E-state index in [9.17, 15) is 0 Å². The van der Waals surface area contributed by atoms with Crippen LogP contribution < -0.4 is 4.74 Å². The Labute approximate surface area is 153 Å². The minimum absolute atomic E-state index is 0.520. The summed E-state index contributed by atoms with van der Waals surface area (Å²) < 4.78 is 5.98. The first-order valence-electron chi connectivity index (χ1n) is 9.07. The zero-order chi connectivity index (χ0) is 17.6. The van der Waals surface area contributed by atoms with Gasteiger partial charge in [0.1, 0.15) is 6.61 Å². The van der Waals surface area contributed by atoms with Crippen molar-refractivity contribution in [2.24, 2.45) is 0 Å². The van der Waals surface area contributed by atoms with Gasteiger partial charge in [0.15, 0.2) is 5.69 Å². The van der Waals surface area contributed by atoms with E-state index >= 15 is 0 Å². The van der Waals surface area contributed by atoms with Crippen molar-refractivity contribution in [3.05, 3.63) is 65.9 Å². The molecule has 1 fully saturated rings. The van der Waals surface area contributed by atoms with E-state index in [-0.39, 0.29) is 0 Å². The first kappa shape index (κ1) is 16.6. The van der Waals surface area contributed by atoms with Crippen LogP contribution in [-0.4, -0.2) is 41.1 Å². The fourth-order valence-electron chi connectivity index (χ4n) is 3.10. The van der Waals surface area contributed by atoms with Crippen molar-refractivity contribution in [2.45, 2.75) is 12.8 Å². The Hall–Kier alpha value is -2.90. The molecule has 130 valence electrons. The smallest absolute Gasteiger partial charge is 0.249 e. The van der Waals surface area contributed by atoms with E-state index in [0.29, 0.717) is 18.2 Å². The summed E-state index contributed by atoms with van der Waals surface area (Å²) in [7, 11) is 0. The predicted molar refractivity (Wildman–Crippen MR) is 103 cm³/mol. The number of fused-ring (bicyclic) bond motifs is 1. The molecular formula is C22H21N3O. The minimum Gasteiger partial charge on any atom is -0.474 e. The molecular weight excluding hydrogens is 322 g/mol. The third kappa shape index (κ3) is 4.01. The van der Waals surface area contributed by atoms with E-state index in [1.165, 1.54) is 12.8 Å². The molecule has 3 aromatic rings. The first-order chi connectivity index (χ1) is 12.9. The number of likely N-dealkylation sites (tertiary alicyclic amines) is 1. The summed E-state index contributed by atoms with van der Waals surface area (Å²) >= 11 is 0. The van der Waals surface area contributed by atoms with Crippen molar-refractivity contribution in [1.29, 1.82) is 0 Å². The monoisotopic (exact) mass is 343 g/mol. The molecule has 4 nitrogen and oxygen atoms in total. The number of aromatic nitrogens is 2. The largest absolute Gasteiger partial charge is 0.474 e. The highest BCUT2D eigenvalue weighted by molar-refractivity contribution is 5.75. The Kier molecular flexibility index (Phi) is 5.09. The van der Waals surface area contributed by atoms with Crippen molar-refractivity contribution in [1.82, 2.24) is 14.9 Å². The first-order valence-corrected chi connectivity index (χ1v) is 9.07. The number of rotatable bonds is 4. The molecule has 2 aromatic carbocycles.